The quantitative estimate of drug-likeness (QED) is 0.908. The molecule has 1 unspecified atom stereocenters. The van der Waals surface area contributed by atoms with E-state index in [9.17, 15) is 4.39 Å². The summed E-state index contributed by atoms with van der Waals surface area (Å²) >= 11 is 1.51. The molecule has 0 radical (unpaired) electrons. The fourth-order valence-electron chi connectivity index (χ4n) is 1.81. The van der Waals surface area contributed by atoms with Crippen LogP contribution in [-0.4, -0.2) is 18.6 Å². The van der Waals surface area contributed by atoms with E-state index in [1.54, 1.807) is 18.3 Å². The minimum Gasteiger partial charge on any atom is -0.497 e. The van der Waals surface area contributed by atoms with Gasteiger partial charge in [-0.15, -0.1) is 11.3 Å². The number of hydrogen-bond donors (Lipinski definition) is 1. The molecule has 3 nitrogen and oxygen atoms in total. The topological polar surface area (TPSA) is 34.2 Å². The van der Waals surface area contributed by atoms with Gasteiger partial charge in [0.05, 0.1) is 7.11 Å². The predicted molar refractivity (Wildman–Crippen MR) is 76.2 cm³/mol. The zero-order valence-electron chi connectivity index (χ0n) is 11.2. The molecule has 1 aromatic carbocycles. The monoisotopic (exact) mass is 280 g/mol. The standard InChI is InChI=1S/C14H17FN2OS/c1-4-16-9(2)13-8-17-14(19-13)11-6-5-10(18-3)7-12(11)15/h5-9,16H,4H2,1-3H3. The van der Waals surface area contributed by atoms with E-state index in [4.69, 9.17) is 4.74 Å². The third kappa shape index (κ3) is 3.11. The van der Waals surface area contributed by atoms with E-state index < -0.39 is 0 Å². The molecule has 1 heterocycles. The van der Waals surface area contributed by atoms with Crippen LogP contribution >= 0.6 is 11.3 Å². The van der Waals surface area contributed by atoms with Crippen molar-refractivity contribution in [2.24, 2.45) is 0 Å². The molecule has 2 aromatic rings. The summed E-state index contributed by atoms with van der Waals surface area (Å²) in [6.07, 6.45) is 1.80. The second-order valence-electron chi connectivity index (χ2n) is 4.19. The van der Waals surface area contributed by atoms with Crippen LogP contribution in [0.1, 0.15) is 24.8 Å². The summed E-state index contributed by atoms with van der Waals surface area (Å²) in [6, 6.07) is 5.06. The molecule has 0 aliphatic carbocycles. The Morgan fingerprint density at radius 2 is 2.26 bits per heavy atom. The highest BCUT2D eigenvalue weighted by Gasteiger charge is 2.13. The van der Waals surface area contributed by atoms with E-state index in [2.05, 4.69) is 24.1 Å². The third-order valence-corrected chi connectivity index (χ3v) is 4.08. The number of aromatic nitrogens is 1. The average molecular weight is 280 g/mol. The van der Waals surface area contributed by atoms with Crippen LogP contribution in [0.2, 0.25) is 0 Å². The normalized spacial score (nSPS) is 12.4. The Labute approximate surface area is 116 Å². The van der Waals surface area contributed by atoms with Crippen LogP contribution in [0.15, 0.2) is 24.4 Å². The number of rotatable bonds is 5. The molecule has 2 rings (SSSR count). The van der Waals surface area contributed by atoms with Crippen molar-refractivity contribution < 1.29 is 9.13 Å². The maximum absolute atomic E-state index is 14.0. The first-order chi connectivity index (χ1) is 9.15. The van der Waals surface area contributed by atoms with E-state index >= 15 is 0 Å². The van der Waals surface area contributed by atoms with Gasteiger partial charge < -0.3 is 10.1 Å². The summed E-state index contributed by atoms with van der Waals surface area (Å²) in [5, 5.41) is 4.01. The Hall–Kier alpha value is -1.46. The third-order valence-electron chi connectivity index (χ3n) is 2.87. The van der Waals surface area contributed by atoms with Gasteiger partial charge in [0.1, 0.15) is 16.6 Å². The van der Waals surface area contributed by atoms with Gasteiger partial charge in [-0.1, -0.05) is 6.92 Å². The zero-order chi connectivity index (χ0) is 13.8. The summed E-state index contributed by atoms with van der Waals surface area (Å²) in [4.78, 5) is 5.41. The summed E-state index contributed by atoms with van der Waals surface area (Å²) < 4.78 is 18.9. The number of methoxy groups -OCH3 is 1. The second-order valence-corrected chi connectivity index (χ2v) is 5.26. The smallest absolute Gasteiger partial charge is 0.137 e. The minimum atomic E-state index is -0.309. The van der Waals surface area contributed by atoms with Gasteiger partial charge in [-0.3, -0.25) is 0 Å². The summed E-state index contributed by atoms with van der Waals surface area (Å²) in [6.45, 7) is 5.03. The molecule has 0 aliphatic rings. The maximum atomic E-state index is 14.0. The molecule has 19 heavy (non-hydrogen) atoms. The van der Waals surface area contributed by atoms with Crippen LogP contribution in [-0.2, 0) is 0 Å². The fraction of sp³-hybridized carbons (Fsp3) is 0.357. The van der Waals surface area contributed by atoms with Crippen molar-refractivity contribution in [3.8, 4) is 16.3 Å². The first-order valence-corrected chi connectivity index (χ1v) is 7.00. The molecule has 0 saturated heterocycles. The molecule has 5 heteroatoms. The van der Waals surface area contributed by atoms with Crippen molar-refractivity contribution in [1.29, 1.82) is 0 Å². The van der Waals surface area contributed by atoms with Gasteiger partial charge in [0.25, 0.3) is 0 Å². The molecule has 0 spiro atoms. The van der Waals surface area contributed by atoms with Crippen molar-refractivity contribution in [1.82, 2.24) is 10.3 Å². The molecular weight excluding hydrogens is 263 g/mol. The average Bonchev–Trinajstić information content (AvgIpc) is 2.88. The van der Waals surface area contributed by atoms with Crippen LogP contribution in [0.25, 0.3) is 10.6 Å². The molecular formula is C14H17FN2OS. The Balaban J connectivity index is 2.27. The number of thiazole rings is 1. The van der Waals surface area contributed by atoms with Crippen molar-refractivity contribution in [3.05, 3.63) is 35.1 Å². The number of benzene rings is 1. The number of nitrogens with zero attached hydrogens (tertiary/aromatic N) is 1. The zero-order valence-corrected chi connectivity index (χ0v) is 12.1. The van der Waals surface area contributed by atoms with Crippen LogP contribution in [0.3, 0.4) is 0 Å². The van der Waals surface area contributed by atoms with Crippen molar-refractivity contribution in [2.45, 2.75) is 19.9 Å². The van der Waals surface area contributed by atoms with Gasteiger partial charge in [0.15, 0.2) is 0 Å². The van der Waals surface area contributed by atoms with Crippen molar-refractivity contribution in [3.63, 3.8) is 0 Å². The minimum absolute atomic E-state index is 0.234. The Kier molecular flexibility index (Phi) is 4.50. The van der Waals surface area contributed by atoms with E-state index in [1.807, 2.05) is 0 Å². The Morgan fingerprint density at radius 3 is 2.89 bits per heavy atom. The predicted octanol–water partition coefficient (Wildman–Crippen LogP) is 3.63. The van der Waals surface area contributed by atoms with E-state index in [1.165, 1.54) is 24.5 Å². The highest BCUT2D eigenvalue weighted by Crippen LogP contribution is 2.31. The van der Waals surface area contributed by atoms with Gasteiger partial charge in [-0.2, -0.15) is 0 Å². The number of nitrogens with one attached hydrogen (secondary N) is 1. The first kappa shape index (κ1) is 14.0. The van der Waals surface area contributed by atoms with Gasteiger partial charge in [0.2, 0.25) is 0 Å². The lowest BCUT2D eigenvalue weighted by Crippen LogP contribution is -2.16. The van der Waals surface area contributed by atoms with Gasteiger partial charge in [0, 0.05) is 28.7 Å². The maximum Gasteiger partial charge on any atom is 0.137 e. The van der Waals surface area contributed by atoms with Crippen LogP contribution in [0, 0.1) is 5.82 Å². The summed E-state index contributed by atoms with van der Waals surface area (Å²) in [5.74, 6) is 0.204. The van der Waals surface area contributed by atoms with Crippen LogP contribution in [0.5, 0.6) is 5.75 Å². The molecule has 0 amide bonds. The highest BCUT2D eigenvalue weighted by atomic mass is 32.1. The Morgan fingerprint density at radius 1 is 1.47 bits per heavy atom. The van der Waals surface area contributed by atoms with Crippen LogP contribution < -0.4 is 10.1 Å². The molecule has 1 atom stereocenters. The van der Waals surface area contributed by atoms with Gasteiger partial charge >= 0.3 is 0 Å². The van der Waals surface area contributed by atoms with Gasteiger partial charge in [-0.05, 0) is 25.6 Å². The SMILES string of the molecule is CCNC(C)c1cnc(-c2ccc(OC)cc2F)s1. The molecule has 0 bridgehead atoms. The molecule has 1 N–H and O–H groups in total. The molecule has 0 fully saturated rings. The first-order valence-electron chi connectivity index (χ1n) is 6.18. The number of ether oxygens (including phenoxy) is 1. The molecule has 102 valence electrons. The fourth-order valence-corrected chi connectivity index (χ4v) is 2.78. The lowest BCUT2D eigenvalue weighted by Gasteiger charge is -2.08. The molecule has 0 saturated carbocycles. The lowest BCUT2D eigenvalue weighted by atomic mass is 10.2. The van der Waals surface area contributed by atoms with Crippen molar-refractivity contribution in [2.75, 3.05) is 13.7 Å². The summed E-state index contributed by atoms with van der Waals surface area (Å²) in [5.41, 5.74) is 0.515. The lowest BCUT2D eigenvalue weighted by molar-refractivity contribution is 0.411. The van der Waals surface area contributed by atoms with E-state index in [0.717, 1.165) is 11.4 Å². The largest absolute Gasteiger partial charge is 0.497 e. The van der Waals surface area contributed by atoms with Gasteiger partial charge in [-0.25, -0.2) is 9.37 Å². The molecule has 1 aromatic heterocycles. The highest BCUT2D eigenvalue weighted by molar-refractivity contribution is 7.15. The second kappa shape index (κ2) is 6.12. The van der Waals surface area contributed by atoms with E-state index in [0.29, 0.717) is 16.3 Å². The van der Waals surface area contributed by atoms with Crippen molar-refractivity contribution >= 4 is 11.3 Å². The summed E-state index contributed by atoms with van der Waals surface area (Å²) in [7, 11) is 1.52. The number of hydrogen-bond acceptors (Lipinski definition) is 4. The molecule has 0 aliphatic heterocycles. The van der Waals surface area contributed by atoms with E-state index in [-0.39, 0.29) is 11.9 Å². The Bertz CT molecular complexity index is 556. The number of halogens is 1. The van der Waals surface area contributed by atoms with Crippen LogP contribution in [0.4, 0.5) is 4.39 Å².